The van der Waals surface area contributed by atoms with E-state index in [1.54, 1.807) is 0 Å². The first kappa shape index (κ1) is 17.1. The molecule has 1 aliphatic heterocycles. The molecule has 0 bridgehead atoms. The molecule has 0 radical (unpaired) electrons. The molecule has 2 aliphatic rings. The SMILES string of the molecule is CCNC(=NCc1cn(C)nc1C(F)(F)F)N1CCC2(CCC2)C1. The van der Waals surface area contributed by atoms with Crippen molar-refractivity contribution in [2.24, 2.45) is 17.5 Å². The Morgan fingerprint density at radius 1 is 1.38 bits per heavy atom. The molecule has 1 aliphatic carbocycles. The van der Waals surface area contributed by atoms with E-state index in [2.05, 4.69) is 20.3 Å². The van der Waals surface area contributed by atoms with E-state index in [1.165, 1.54) is 37.2 Å². The van der Waals surface area contributed by atoms with E-state index in [1.807, 2.05) is 6.92 Å². The van der Waals surface area contributed by atoms with Crippen molar-refractivity contribution in [2.75, 3.05) is 19.6 Å². The van der Waals surface area contributed by atoms with Gasteiger partial charge in [0, 0.05) is 38.4 Å². The molecule has 1 aromatic heterocycles. The highest BCUT2D eigenvalue weighted by Crippen LogP contribution is 2.47. The topological polar surface area (TPSA) is 45.5 Å². The van der Waals surface area contributed by atoms with Crippen LogP contribution in [0.25, 0.3) is 0 Å². The lowest BCUT2D eigenvalue weighted by molar-refractivity contribution is -0.142. The van der Waals surface area contributed by atoms with Crippen LogP contribution in [-0.4, -0.2) is 40.3 Å². The maximum atomic E-state index is 13.0. The Morgan fingerprint density at radius 3 is 2.67 bits per heavy atom. The molecule has 0 unspecified atom stereocenters. The number of rotatable bonds is 3. The number of aryl methyl sites for hydroxylation is 1. The minimum Gasteiger partial charge on any atom is -0.357 e. The van der Waals surface area contributed by atoms with E-state index in [-0.39, 0.29) is 12.1 Å². The Balaban J connectivity index is 1.75. The molecule has 24 heavy (non-hydrogen) atoms. The summed E-state index contributed by atoms with van der Waals surface area (Å²) in [4.78, 5) is 6.64. The summed E-state index contributed by atoms with van der Waals surface area (Å²) in [6, 6.07) is 0. The van der Waals surface area contributed by atoms with Gasteiger partial charge in [0.05, 0.1) is 6.54 Å². The highest BCUT2D eigenvalue weighted by Gasteiger charge is 2.43. The average molecular weight is 343 g/mol. The van der Waals surface area contributed by atoms with Gasteiger partial charge in [-0.3, -0.25) is 4.68 Å². The zero-order chi connectivity index (χ0) is 17.4. The smallest absolute Gasteiger partial charge is 0.357 e. The predicted octanol–water partition coefficient (Wildman–Crippen LogP) is 2.78. The van der Waals surface area contributed by atoms with Gasteiger partial charge in [-0.1, -0.05) is 6.42 Å². The largest absolute Gasteiger partial charge is 0.435 e. The fourth-order valence-electron chi connectivity index (χ4n) is 3.68. The number of guanidine groups is 1. The van der Waals surface area contributed by atoms with Crippen LogP contribution in [-0.2, 0) is 19.8 Å². The summed E-state index contributed by atoms with van der Waals surface area (Å²) in [6.45, 7) is 4.52. The second-order valence-electron chi connectivity index (χ2n) is 6.87. The first-order chi connectivity index (χ1) is 11.3. The van der Waals surface area contributed by atoms with Gasteiger partial charge in [-0.2, -0.15) is 18.3 Å². The van der Waals surface area contributed by atoms with E-state index in [0.29, 0.717) is 17.9 Å². The molecule has 2 heterocycles. The Kier molecular flexibility index (Phi) is 4.48. The Hall–Kier alpha value is -1.73. The molecule has 1 spiro atoms. The van der Waals surface area contributed by atoms with Gasteiger partial charge < -0.3 is 10.2 Å². The van der Waals surface area contributed by atoms with Crippen molar-refractivity contribution in [3.8, 4) is 0 Å². The molecular weight excluding hydrogens is 319 g/mol. The van der Waals surface area contributed by atoms with Crippen LogP contribution in [0.5, 0.6) is 0 Å². The lowest BCUT2D eigenvalue weighted by Gasteiger charge is -2.38. The molecule has 0 atom stereocenters. The minimum atomic E-state index is -4.45. The molecule has 134 valence electrons. The van der Waals surface area contributed by atoms with Gasteiger partial charge in [0.25, 0.3) is 0 Å². The summed E-state index contributed by atoms with van der Waals surface area (Å²) in [5, 5.41) is 6.75. The van der Waals surface area contributed by atoms with E-state index in [4.69, 9.17) is 0 Å². The number of nitrogens with zero attached hydrogens (tertiary/aromatic N) is 4. The average Bonchev–Trinajstić information content (AvgIpc) is 3.06. The van der Waals surface area contributed by atoms with Crippen LogP contribution in [0.15, 0.2) is 11.2 Å². The third kappa shape index (κ3) is 3.37. The molecule has 1 saturated heterocycles. The Labute approximate surface area is 139 Å². The number of hydrogen-bond acceptors (Lipinski definition) is 2. The fraction of sp³-hybridized carbons (Fsp3) is 0.750. The highest BCUT2D eigenvalue weighted by molar-refractivity contribution is 5.80. The van der Waals surface area contributed by atoms with Crippen molar-refractivity contribution in [1.82, 2.24) is 20.0 Å². The normalized spacial score (nSPS) is 20.5. The van der Waals surface area contributed by atoms with Crippen LogP contribution in [0.4, 0.5) is 13.2 Å². The van der Waals surface area contributed by atoms with Gasteiger partial charge in [0.15, 0.2) is 11.7 Å². The summed E-state index contributed by atoms with van der Waals surface area (Å²) < 4.78 is 40.3. The number of halogens is 3. The number of likely N-dealkylation sites (tertiary alicyclic amines) is 1. The summed E-state index contributed by atoms with van der Waals surface area (Å²) >= 11 is 0. The van der Waals surface area contributed by atoms with Crippen molar-refractivity contribution >= 4 is 5.96 Å². The second kappa shape index (κ2) is 6.29. The maximum Gasteiger partial charge on any atom is 0.435 e. The van der Waals surface area contributed by atoms with Gasteiger partial charge in [0.1, 0.15) is 0 Å². The predicted molar refractivity (Wildman–Crippen MR) is 85.5 cm³/mol. The molecule has 3 rings (SSSR count). The Morgan fingerprint density at radius 2 is 2.12 bits per heavy atom. The summed E-state index contributed by atoms with van der Waals surface area (Å²) in [7, 11) is 1.49. The molecule has 5 nitrogen and oxygen atoms in total. The standard InChI is InChI=1S/C16H24F3N5/c1-3-20-14(24-8-7-15(11-24)5-4-6-15)21-9-12-10-23(2)22-13(12)16(17,18)19/h10H,3-9,11H2,1-2H3,(H,20,21). The van der Waals surface area contributed by atoms with Crippen LogP contribution >= 0.6 is 0 Å². The number of aromatic nitrogens is 2. The zero-order valence-electron chi connectivity index (χ0n) is 14.2. The van der Waals surface area contributed by atoms with Crippen LogP contribution < -0.4 is 5.32 Å². The molecule has 0 aromatic carbocycles. The lowest BCUT2D eigenvalue weighted by atomic mass is 9.68. The number of nitrogens with one attached hydrogen (secondary N) is 1. The van der Waals surface area contributed by atoms with E-state index in [9.17, 15) is 13.2 Å². The van der Waals surface area contributed by atoms with Gasteiger partial charge in [-0.05, 0) is 31.6 Å². The van der Waals surface area contributed by atoms with E-state index < -0.39 is 11.9 Å². The zero-order valence-corrected chi connectivity index (χ0v) is 14.2. The highest BCUT2D eigenvalue weighted by atomic mass is 19.4. The third-order valence-corrected chi connectivity index (χ3v) is 5.06. The number of aliphatic imine (C=N–C) groups is 1. The molecule has 2 fully saturated rings. The molecular formula is C16H24F3N5. The summed E-state index contributed by atoms with van der Waals surface area (Å²) in [6.07, 6.45) is 1.89. The molecule has 1 saturated carbocycles. The van der Waals surface area contributed by atoms with Crippen molar-refractivity contribution < 1.29 is 13.2 Å². The van der Waals surface area contributed by atoms with Crippen LogP contribution in [0.1, 0.15) is 43.9 Å². The van der Waals surface area contributed by atoms with Crippen LogP contribution in [0.2, 0.25) is 0 Å². The number of hydrogen-bond donors (Lipinski definition) is 1. The second-order valence-corrected chi connectivity index (χ2v) is 6.87. The molecule has 0 amide bonds. The van der Waals surface area contributed by atoms with Gasteiger partial charge in [-0.15, -0.1) is 0 Å². The first-order valence-corrected chi connectivity index (χ1v) is 8.46. The van der Waals surface area contributed by atoms with Gasteiger partial charge >= 0.3 is 6.18 Å². The van der Waals surface area contributed by atoms with Gasteiger partial charge in [0.2, 0.25) is 0 Å². The van der Waals surface area contributed by atoms with Crippen LogP contribution in [0, 0.1) is 5.41 Å². The Bertz CT molecular complexity index is 616. The van der Waals surface area contributed by atoms with Gasteiger partial charge in [-0.25, -0.2) is 4.99 Å². The molecule has 1 N–H and O–H groups in total. The summed E-state index contributed by atoms with van der Waals surface area (Å²) in [5.41, 5.74) is -0.318. The fourth-order valence-corrected chi connectivity index (χ4v) is 3.68. The lowest BCUT2D eigenvalue weighted by Crippen LogP contribution is -2.42. The number of alkyl halides is 3. The maximum absolute atomic E-state index is 13.0. The molecule has 8 heteroatoms. The monoisotopic (exact) mass is 343 g/mol. The third-order valence-electron chi connectivity index (χ3n) is 5.06. The van der Waals surface area contributed by atoms with Crippen LogP contribution in [0.3, 0.4) is 0 Å². The van der Waals surface area contributed by atoms with Crippen molar-refractivity contribution in [1.29, 1.82) is 0 Å². The summed E-state index contributed by atoms with van der Waals surface area (Å²) in [5.74, 6) is 0.707. The molecule has 1 aromatic rings. The first-order valence-electron chi connectivity index (χ1n) is 8.46. The van der Waals surface area contributed by atoms with Crippen molar-refractivity contribution in [2.45, 2.75) is 45.3 Å². The van der Waals surface area contributed by atoms with E-state index in [0.717, 1.165) is 19.5 Å². The minimum absolute atomic E-state index is 0.0193. The quantitative estimate of drug-likeness (QED) is 0.678. The van der Waals surface area contributed by atoms with E-state index >= 15 is 0 Å². The van der Waals surface area contributed by atoms with Crippen molar-refractivity contribution in [3.63, 3.8) is 0 Å². The van der Waals surface area contributed by atoms with Crippen molar-refractivity contribution in [3.05, 3.63) is 17.5 Å².